The summed E-state index contributed by atoms with van der Waals surface area (Å²) in [5.41, 5.74) is 1.87. The van der Waals surface area contributed by atoms with Gasteiger partial charge in [-0.25, -0.2) is 0 Å². The minimum Gasteiger partial charge on any atom is -0.497 e. The van der Waals surface area contributed by atoms with Crippen molar-refractivity contribution in [2.24, 2.45) is 5.92 Å². The van der Waals surface area contributed by atoms with E-state index in [1.165, 1.54) is 0 Å². The molecule has 0 saturated carbocycles. The predicted octanol–water partition coefficient (Wildman–Crippen LogP) is 2.77. The lowest BCUT2D eigenvalue weighted by molar-refractivity contribution is -0.117. The highest BCUT2D eigenvalue weighted by molar-refractivity contribution is 7.80. The molecule has 0 bridgehead atoms. The van der Waals surface area contributed by atoms with Crippen molar-refractivity contribution in [2.45, 2.75) is 6.42 Å². The summed E-state index contributed by atoms with van der Waals surface area (Å²) >= 11 is 4.33. The number of carbonyl (C=O) groups excluding carboxylic acids is 1. The van der Waals surface area contributed by atoms with Crippen molar-refractivity contribution in [3.05, 3.63) is 42.7 Å². The highest BCUT2D eigenvalue weighted by Crippen LogP contribution is 2.33. The van der Waals surface area contributed by atoms with Crippen molar-refractivity contribution in [3.8, 4) is 11.4 Å². The van der Waals surface area contributed by atoms with Crippen LogP contribution in [0, 0.1) is 5.92 Å². The number of anilines is 1. The number of carbonyl (C=O) groups is 1. The van der Waals surface area contributed by atoms with Gasteiger partial charge in [-0.2, -0.15) is 12.6 Å². The van der Waals surface area contributed by atoms with Crippen LogP contribution >= 0.6 is 12.6 Å². The number of methoxy groups -OCH3 is 1. The van der Waals surface area contributed by atoms with E-state index in [4.69, 9.17) is 4.74 Å². The minimum absolute atomic E-state index is 0.149. The summed E-state index contributed by atoms with van der Waals surface area (Å²) in [5, 5.41) is 0. The van der Waals surface area contributed by atoms with Gasteiger partial charge in [-0.05, 0) is 35.9 Å². The molecule has 1 aliphatic heterocycles. The SMILES string of the molecule is COc1ccc(-n2cccc2)c(N2CC(CS)CC2=O)c1. The Morgan fingerprint density at radius 2 is 2.05 bits per heavy atom. The summed E-state index contributed by atoms with van der Waals surface area (Å²) < 4.78 is 7.32. The molecule has 0 aliphatic carbocycles. The van der Waals surface area contributed by atoms with Gasteiger partial charge in [0.15, 0.2) is 0 Å². The van der Waals surface area contributed by atoms with Crippen molar-refractivity contribution in [3.63, 3.8) is 0 Å². The first-order valence-corrected chi connectivity index (χ1v) is 7.58. The molecule has 0 N–H and O–H groups in total. The second-order valence-corrected chi connectivity index (χ2v) is 5.57. The summed E-state index contributed by atoms with van der Waals surface area (Å²) in [7, 11) is 1.64. The monoisotopic (exact) mass is 302 g/mol. The molecule has 1 atom stereocenters. The maximum Gasteiger partial charge on any atom is 0.227 e. The third-order valence-electron chi connectivity index (χ3n) is 3.82. The fourth-order valence-electron chi connectivity index (χ4n) is 2.70. The maximum absolute atomic E-state index is 12.3. The number of nitrogens with zero attached hydrogens (tertiary/aromatic N) is 2. The molecule has 21 heavy (non-hydrogen) atoms. The van der Waals surface area contributed by atoms with Crippen LogP contribution < -0.4 is 9.64 Å². The zero-order valence-electron chi connectivity index (χ0n) is 11.9. The highest BCUT2D eigenvalue weighted by Gasteiger charge is 2.31. The van der Waals surface area contributed by atoms with E-state index < -0.39 is 0 Å². The van der Waals surface area contributed by atoms with Crippen molar-refractivity contribution < 1.29 is 9.53 Å². The van der Waals surface area contributed by atoms with Crippen LogP contribution in [0.4, 0.5) is 5.69 Å². The van der Waals surface area contributed by atoms with Crippen LogP contribution in [-0.2, 0) is 4.79 Å². The number of hydrogen-bond acceptors (Lipinski definition) is 3. The lowest BCUT2D eigenvalue weighted by atomic mass is 10.1. The molecule has 1 aliphatic rings. The first-order chi connectivity index (χ1) is 10.2. The smallest absolute Gasteiger partial charge is 0.227 e. The first-order valence-electron chi connectivity index (χ1n) is 6.95. The van der Waals surface area contributed by atoms with Gasteiger partial charge in [-0.15, -0.1) is 0 Å². The van der Waals surface area contributed by atoms with Crippen molar-refractivity contribution >= 4 is 24.2 Å². The summed E-state index contributed by atoms with van der Waals surface area (Å²) in [4.78, 5) is 14.2. The van der Waals surface area contributed by atoms with Crippen molar-refractivity contribution in [2.75, 3.05) is 24.3 Å². The van der Waals surface area contributed by atoms with Gasteiger partial charge in [0.1, 0.15) is 5.75 Å². The van der Waals surface area contributed by atoms with Gasteiger partial charge in [0.25, 0.3) is 0 Å². The van der Waals surface area contributed by atoms with Gasteiger partial charge in [0.2, 0.25) is 5.91 Å². The van der Waals surface area contributed by atoms with Crippen molar-refractivity contribution in [1.29, 1.82) is 0 Å². The van der Waals surface area contributed by atoms with Crippen LogP contribution in [0.5, 0.6) is 5.75 Å². The topological polar surface area (TPSA) is 34.5 Å². The molecule has 1 saturated heterocycles. The second kappa shape index (κ2) is 5.85. The number of benzene rings is 1. The molecule has 3 rings (SSSR count). The van der Waals surface area contributed by atoms with E-state index in [0.29, 0.717) is 18.9 Å². The van der Waals surface area contributed by atoms with Crippen LogP contribution in [-0.4, -0.2) is 29.9 Å². The zero-order chi connectivity index (χ0) is 14.8. The molecule has 1 unspecified atom stereocenters. The Kier molecular flexibility index (Phi) is 3.92. The standard InChI is InChI=1S/C16H18N2O2S/c1-20-13-4-5-14(17-6-2-3-7-17)15(9-13)18-10-12(11-21)8-16(18)19/h2-7,9,12,21H,8,10-11H2,1H3. The quantitative estimate of drug-likeness (QED) is 0.881. The average Bonchev–Trinajstić information content (AvgIpc) is 3.16. The number of amides is 1. The number of ether oxygens (including phenoxy) is 1. The van der Waals surface area contributed by atoms with Gasteiger partial charge in [-0.1, -0.05) is 0 Å². The number of hydrogen-bond donors (Lipinski definition) is 1. The van der Waals surface area contributed by atoms with E-state index in [-0.39, 0.29) is 5.91 Å². The van der Waals surface area contributed by atoms with E-state index in [1.54, 1.807) is 7.11 Å². The van der Waals surface area contributed by atoms with E-state index in [0.717, 1.165) is 22.9 Å². The van der Waals surface area contributed by atoms with Gasteiger partial charge < -0.3 is 14.2 Å². The molecule has 4 nitrogen and oxygen atoms in total. The Labute approximate surface area is 129 Å². The van der Waals surface area contributed by atoms with E-state index in [2.05, 4.69) is 12.6 Å². The summed E-state index contributed by atoms with van der Waals surface area (Å²) in [6.45, 7) is 0.712. The normalized spacial score (nSPS) is 18.3. The Bertz CT molecular complexity index is 640. The Hall–Kier alpha value is -1.88. The number of thiol groups is 1. The van der Waals surface area contributed by atoms with Gasteiger partial charge >= 0.3 is 0 Å². The maximum atomic E-state index is 12.3. The average molecular weight is 302 g/mol. The zero-order valence-corrected chi connectivity index (χ0v) is 12.8. The van der Waals surface area contributed by atoms with E-state index >= 15 is 0 Å². The van der Waals surface area contributed by atoms with E-state index in [9.17, 15) is 4.79 Å². The van der Waals surface area contributed by atoms with Gasteiger partial charge in [-0.3, -0.25) is 4.79 Å². The van der Waals surface area contributed by atoms with Crippen LogP contribution in [0.3, 0.4) is 0 Å². The predicted molar refractivity (Wildman–Crippen MR) is 86.6 cm³/mol. The fourth-order valence-corrected chi connectivity index (χ4v) is 2.94. The molecular formula is C16H18N2O2S. The molecule has 1 amide bonds. The molecule has 0 radical (unpaired) electrons. The van der Waals surface area contributed by atoms with Gasteiger partial charge in [0, 0.05) is 31.4 Å². The molecule has 1 aromatic carbocycles. The lowest BCUT2D eigenvalue weighted by Gasteiger charge is -2.21. The Morgan fingerprint density at radius 1 is 1.29 bits per heavy atom. The largest absolute Gasteiger partial charge is 0.497 e. The highest BCUT2D eigenvalue weighted by atomic mass is 32.1. The third kappa shape index (κ3) is 2.65. The fraction of sp³-hybridized carbons (Fsp3) is 0.312. The van der Waals surface area contributed by atoms with Crippen LogP contribution in [0.2, 0.25) is 0 Å². The summed E-state index contributed by atoms with van der Waals surface area (Å²) in [6.07, 6.45) is 4.51. The molecule has 5 heteroatoms. The Balaban J connectivity index is 2.05. The number of aromatic nitrogens is 1. The van der Waals surface area contributed by atoms with Crippen molar-refractivity contribution in [1.82, 2.24) is 4.57 Å². The molecule has 110 valence electrons. The Morgan fingerprint density at radius 3 is 2.67 bits per heavy atom. The molecule has 2 aromatic rings. The van der Waals surface area contributed by atoms with E-state index in [1.807, 2.05) is 52.2 Å². The molecular weight excluding hydrogens is 284 g/mol. The van der Waals surface area contributed by atoms with Crippen LogP contribution in [0.15, 0.2) is 42.7 Å². The van der Waals surface area contributed by atoms with Crippen LogP contribution in [0.1, 0.15) is 6.42 Å². The molecule has 2 heterocycles. The lowest BCUT2D eigenvalue weighted by Crippen LogP contribution is -2.26. The number of rotatable bonds is 4. The second-order valence-electron chi connectivity index (χ2n) is 5.20. The van der Waals surface area contributed by atoms with Crippen LogP contribution in [0.25, 0.3) is 5.69 Å². The molecule has 0 spiro atoms. The first kappa shape index (κ1) is 14.1. The third-order valence-corrected chi connectivity index (χ3v) is 4.34. The summed E-state index contributed by atoms with van der Waals surface area (Å²) in [5.74, 6) is 1.94. The minimum atomic E-state index is 0.149. The summed E-state index contributed by atoms with van der Waals surface area (Å²) in [6, 6.07) is 9.76. The molecule has 1 fully saturated rings. The van der Waals surface area contributed by atoms with Gasteiger partial charge in [0.05, 0.1) is 18.5 Å². The molecule has 1 aromatic heterocycles.